The fraction of sp³-hybridized carbons (Fsp3) is 0.615. The van der Waals surface area contributed by atoms with Crippen LogP contribution in [0.3, 0.4) is 0 Å². The molecule has 0 radical (unpaired) electrons. The number of thiophene rings is 1. The highest BCUT2D eigenvalue weighted by Crippen LogP contribution is 2.12. The summed E-state index contributed by atoms with van der Waals surface area (Å²) in [6, 6.07) is 3.80. The van der Waals surface area contributed by atoms with Crippen LogP contribution in [0.1, 0.15) is 48.7 Å². The summed E-state index contributed by atoms with van der Waals surface area (Å²) in [5, 5.41) is 1.94. The van der Waals surface area contributed by atoms with Crippen molar-refractivity contribution in [2.75, 3.05) is 13.2 Å². The average molecular weight is 240 g/mol. The van der Waals surface area contributed by atoms with Crippen molar-refractivity contribution in [3.05, 3.63) is 22.4 Å². The summed E-state index contributed by atoms with van der Waals surface area (Å²) in [4.78, 5) is 12.5. The predicted octanol–water partition coefficient (Wildman–Crippen LogP) is 3.92. The molecule has 1 aromatic heterocycles. The zero-order chi connectivity index (χ0) is 11.6. The molecule has 1 rings (SSSR count). The molecule has 3 heteroatoms. The fourth-order valence-corrected chi connectivity index (χ4v) is 2.15. The Hall–Kier alpha value is -0.670. The van der Waals surface area contributed by atoms with Gasteiger partial charge in [-0.05, 0) is 24.3 Å². The average Bonchev–Trinajstić information content (AvgIpc) is 2.81. The van der Waals surface area contributed by atoms with Crippen molar-refractivity contribution in [3.8, 4) is 0 Å². The fourth-order valence-electron chi connectivity index (χ4n) is 1.45. The van der Waals surface area contributed by atoms with Gasteiger partial charge >= 0.3 is 0 Å². The summed E-state index contributed by atoms with van der Waals surface area (Å²) in [5.74, 6) is 0.243. The second kappa shape index (κ2) is 8.48. The molecule has 0 saturated carbocycles. The highest BCUT2D eigenvalue weighted by atomic mass is 32.1. The van der Waals surface area contributed by atoms with E-state index in [-0.39, 0.29) is 5.78 Å². The zero-order valence-corrected chi connectivity index (χ0v) is 10.7. The van der Waals surface area contributed by atoms with Gasteiger partial charge in [0.15, 0.2) is 5.78 Å². The largest absolute Gasteiger partial charge is 0.381 e. The summed E-state index contributed by atoms with van der Waals surface area (Å²) in [6.45, 7) is 3.72. The molecule has 0 spiro atoms. The number of ether oxygens (including phenoxy) is 1. The molecule has 0 aromatic carbocycles. The number of hydrogen-bond acceptors (Lipinski definition) is 3. The van der Waals surface area contributed by atoms with E-state index in [1.165, 1.54) is 24.2 Å². The molecule has 16 heavy (non-hydrogen) atoms. The third-order valence-electron chi connectivity index (χ3n) is 2.38. The molecular formula is C13H20O2S. The Morgan fingerprint density at radius 1 is 1.31 bits per heavy atom. The van der Waals surface area contributed by atoms with Crippen LogP contribution in [0.4, 0.5) is 0 Å². The Bertz CT molecular complexity index is 280. The van der Waals surface area contributed by atoms with E-state index >= 15 is 0 Å². The SMILES string of the molecule is CCCCCOCCCC(=O)c1cccs1. The number of rotatable bonds is 9. The van der Waals surface area contributed by atoms with E-state index in [1.54, 1.807) is 0 Å². The third kappa shape index (κ3) is 5.42. The Kier molecular flexibility index (Phi) is 7.10. The van der Waals surface area contributed by atoms with E-state index in [0.29, 0.717) is 13.0 Å². The van der Waals surface area contributed by atoms with Crippen LogP contribution in [0.25, 0.3) is 0 Å². The van der Waals surface area contributed by atoms with Crippen molar-refractivity contribution in [2.24, 2.45) is 0 Å². The highest BCUT2D eigenvalue weighted by molar-refractivity contribution is 7.12. The maximum absolute atomic E-state index is 11.6. The van der Waals surface area contributed by atoms with E-state index in [4.69, 9.17) is 4.74 Å². The van der Waals surface area contributed by atoms with E-state index < -0.39 is 0 Å². The molecule has 0 aliphatic heterocycles. The summed E-state index contributed by atoms with van der Waals surface area (Å²) >= 11 is 1.52. The van der Waals surface area contributed by atoms with Crippen molar-refractivity contribution in [3.63, 3.8) is 0 Å². The first-order valence-corrected chi connectivity index (χ1v) is 6.87. The van der Waals surface area contributed by atoms with Crippen LogP contribution in [0.15, 0.2) is 17.5 Å². The molecule has 0 atom stereocenters. The van der Waals surface area contributed by atoms with Gasteiger partial charge in [-0.3, -0.25) is 4.79 Å². The van der Waals surface area contributed by atoms with Gasteiger partial charge in [0, 0.05) is 19.6 Å². The van der Waals surface area contributed by atoms with Crippen LogP contribution in [0, 0.1) is 0 Å². The van der Waals surface area contributed by atoms with Crippen LogP contribution in [-0.4, -0.2) is 19.0 Å². The Labute approximate surface area is 102 Å². The van der Waals surface area contributed by atoms with Crippen molar-refractivity contribution < 1.29 is 9.53 Å². The van der Waals surface area contributed by atoms with Gasteiger partial charge in [0.05, 0.1) is 4.88 Å². The smallest absolute Gasteiger partial charge is 0.172 e. The topological polar surface area (TPSA) is 26.3 Å². The van der Waals surface area contributed by atoms with Gasteiger partial charge in [-0.1, -0.05) is 25.8 Å². The van der Waals surface area contributed by atoms with Crippen LogP contribution in [-0.2, 0) is 4.74 Å². The summed E-state index contributed by atoms with van der Waals surface area (Å²) in [7, 11) is 0. The standard InChI is InChI=1S/C13H20O2S/c1-2-3-4-9-15-10-5-7-12(14)13-8-6-11-16-13/h6,8,11H,2-5,7,9-10H2,1H3. The molecular weight excluding hydrogens is 220 g/mol. The minimum Gasteiger partial charge on any atom is -0.381 e. The van der Waals surface area contributed by atoms with Crippen molar-refractivity contribution in [1.82, 2.24) is 0 Å². The molecule has 0 amide bonds. The number of ketones is 1. The first-order chi connectivity index (χ1) is 7.84. The number of carbonyl (C=O) groups excluding carboxylic acids is 1. The zero-order valence-electron chi connectivity index (χ0n) is 9.91. The van der Waals surface area contributed by atoms with Gasteiger partial charge < -0.3 is 4.74 Å². The summed E-state index contributed by atoms with van der Waals surface area (Å²) in [5.41, 5.74) is 0. The lowest BCUT2D eigenvalue weighted by Gasteiger charge is -2.02. The maximum atomic E-state index is 11.6. The molecule has 1 heterocycles. The number of carbonyl (C=O) groups is 1. The van der Waals surface area contributed by atoms with E-state index in [0.717, 1.165) is 24.3 Å². The lowest BCUT2D eigenvalue weighted by Crippen LogP contribution is -2.01. The summed E-state index contributed by atoms with van der Waals surface area (Å²) in [6.07, 6.45) is 5.03. The molecule has 0 aliphatic rings. The van der Waals surface area contributed by atoms with E-state index in [1.807, 2.05) is 17.5 Å². The van der Waals surface area contributed by atoms with Gasteiger partial charge in [0.25, 0.3) is 0 Å². The molecule has 0 aliphatic carbocycles. The van der Waals surface area contributed by atoms with Gasteiger partial charge in [0.1, 0.15) is 0 Å². The number of hydrogen-bond donors (Lipinski definition) is 0. The molecule has 0 fully saturated rings. The minimum absolute atomic E-state index is 0.243. The second-order valence-corrected chi connectivity index (χ2v) is 4.77. The Morgan fingerprint density at radius 2 is 2.12 bits per heavy atom. The molecule has 1 aromatic rings. The number of Topliss-reactive ketones (excluding diaryl/α,β-unsaturated/α-hetero) is 1. The summed E-state index contributed by atoms with van der Waals surface area (Å²) < 4.78 is 5.45. The first-order valence-electron chi connectivity index (χ1n) is 5.99. The normalized spacial score (nSPS) is 10.6. The monoisotopic (exact) mass is 240 g/mol. The Balaban J connectivity index is 1.97. The van der Waals surface area contributed by atoms with Crippen LogP contribution in [0.5, 0.6) is 0 Å². The van der Waals surface area contributed by atoms with Gasteiger partial charge in [0.2, 0.25) is 0 Å². The number of unbranched alkanes of at least 4 members (excludes halogenated alkanes) is 2. The highest BCUT2D eigenvalue weighted by Gasteiger charge is 2.05. The van der Waals surface area contributed by atoms with E-state index in [2.05, 4.69) is 6.92 Å². The van der Waals surface area contributed by atoms with Crippen LogP contribution in [0.2, 0.25) is 0 Å². The molecule has 0 bridgehead atoms. The molecule has 0 N–H and O–H groups in total. The maximum Gasteiger partial charge on any atom is 0.172 e. The molecule has 0 unspecified atom stereocenters. The Morgan fingerprint density at radius 3 is 2.81 bits per heavy atom. The third-order valence-corrected chi connectivity index (χ3v) is 3.29. The molecule has 90 valence electrons. The van der Waals surface area contributed by atoms with Crippen molar-refractivity contribution >= 4 is 17.1 Å². The van der Waals surface area contributed by atoms with Crippen molar-refractivity contribution in [1.29, 1.82) is 0 Å². The van der Waals surface area contributed by atoms with Gasteiger partial charge in [-0.25, -0.2) is 0 Å². The minimum atomic E-state index is 0.243. The molecule has 2 nitrogen and oxygen atoms in total. The van der Waals surface area contributed by atoms with Gasteiger partial charge in [-0.15, -0.1) is 11.3 Å². The van der Waals surface area contributed by atoms with Crippen LogP contribution < -0.4 is 0 Å². The van der Waals surface area contributed by atoms with Crippen LogP contribution >= 0.6 is 11.3 Å². The quantitative estimate of drug-likeness (QED) is 0.483. The molecule has 0 saturated heterocycles. The van der Waals surface area contributed by atoms with E-state index in [9.17, 15) is 4.79 Å². The lowest BCUT2D eigenvalue weighted by atomic mass is 10.2. The second-order valence-electron chi connectivity index (χ2n) is 3.82. The van der Waals surface area contributed by atoms with Gasteiger partial charge in [-0.2, -0.15) is 0 Å². The first kappa shape index (κ1) is 13.4. The van der Waals surface area contributed by atoms with Crippen molar-refractivity contribution in [2.45, 2.75) is 39.0 Å². The predicted molar refractivity (Wildman–Crippen MR) is 68.2 cm³/mol. The lowest BCUT2D eigenvalue weighted by molar-refractivity contribution is 0.0937.